The Morgan fingerprint density at radius 3 is 2.75 bits per heavy atom. The maximum absolute atomic E-state index is 12.0. The lowest BCUT2D eigenvalue weighted by molar-refractivity contribution is -0.385. The van der Waals surface area contributed by atoms with Crippen molar-refractivity contribution in [1.29, 1.82) is 0 Å². The molecule has 1 amide bonds. The highest BCUT2D eigenvalue weighted by Gasteiger charge is 2.16. The standard InChI is InChI=1S/C18H16N4O4S2/c1-12-6-2-3-7-13(12)11-27-18-21-20-17(28-18)19-16(23)10-26-15-9-5-4-8-14(15)22(24)25/h2-9H,10-11H2,1H3,(H,19,20,23). The smallest absolute Gasteiger partial charge is 0.310 e. The van der Waals surface area contributed by atoms with Crippen molar-refractivity contribution in [2.45, 2.75) is 17.0 Å². The van der Waals surface area contributed by atoms with Crippen LogP contribution in [-0.2, 0) is 10.5 Å². The minimum atomic E-state index is -0.560. The SMILES string of the molecule is Cc1ccccc1CSc1nnc(NC(=O)COc2ccccc2[N+](=O)[O-])s1. The van der Waals surface area contributed by atoms with Crippen molar-refractivity contribution in [3.63, 3.8) is 0 Å². The number of para-hydroxylation sites is 2. The number of aromatic nitrogens is 2. The number of nitrogens with one attached hydrogen (secondary N) is 1. The Kier molecular flexibility index (Phi) is 6.56. The van der Waals surface area contributed by atoms with Gasteiger partial charge in [0.15, 0.2) is 16.7 Å². The zero-order valence-corrected chi connectivity index (χ0v) is 16.5. The number of benzene rings is 2. The van der Waals surface area contributed by atoms with Crippen LogP contribution in [-0.4, -0.2) is 27.6 Å². The molecule has 1 N–H and O–H groups in total. The van der Waals surface area contributed by atoms with Crippen LogP contribution in [0.4, 0.5) is 10.8 Å². The first kappa shape index (κ1) is 19.8. The predicted octanol–water partition coefficient (Wildman–Crippen LogP) is 4.06. The van der Waals surface area contributed by atoms with Crippen LogP contribution in [0.1, 0.15) is 11.1 Å². The van der Waals surface area contributed by atoms with E-state index >= 15 is 0 Å². The topological polar surface area (TPSA) is 107 Å². The van der Waals surface area contributed by atoms with E-state index < -0.39 is 10.8 Å². The summed E-state index contributed by atoms with van der Waals surface area (Å²) in [7, 11) is 0. The monoisotopic (exact) mass is 416 g/mol. The number of carbonyl (C=O) groups excluding carboxylic acids is 1. The van der Waals surface area contributed by atoms with E-state index in [1.807, 2.05) is 12.1 Å². The lowest BCUT2D eigenvalue weighted by Gasteiger charge is -2.05. The molecular formula is C18H16N4O4S2. The van der Waals surface area contributed by atoms with Gasteiger partial charge in [0.2, 0.25) is 5.13 Å². The summed E-state index contributed by atoms with van der Waals surface area (Å²) in [6.45, 7) is 1.69. The maximum Gasteiger partial charge on any atom is 0.310 e. The highest BCUT2D eigenvalue weighted by Crippen LogP contribution is 2.29. The van der Waals surface area contributed by atoms with Crippen molar-refractivity contribution in [2.24, 2.45) is 0 Å². The zero-order valence-electron chi connectivity index (χ0n) is 14.8. The molecule has 0 spiro atoms. The summed E-state index contributed by atoms with van der Waals surface area (Å²) < 4.78 is 5.99. The number of amides is 1. The molecule has 10 heteroatoms. The molecule has 0 atom stereocenters. The van der Waals surface area contributed by atoms with E-state index in [2.05, 4.69) is 34.6 Å². The summed E-state index contributed by atoms with van der Waals surface area (Å²) in [6.07, 6.45) is 0. The first-order valence-corrected chi connectivity index (χ1v) is 10.00. The van der Waals surface area contributed by atoms with Crippen LogP contribution in [0.25, 0.3) is 0 Å². The average molecular weight is 416 g/mol. The molecule has 0 unspecified atom stereocenters. The molecule has 2 aromatic carbocycles. The minimum absolute atomic E-state index is 0.0365. The molecule has 28 heavy (non-hydrogen) atoms. The molecule has 0 aliphatic heterocycles. The molecule has 0 fully saturated rings. The minimum Gasteiger partial charge on any atom is -0.477 e. The molecule has 144 valence electrons. The van der Waals surface area contributed by atoms with Crippen molar-refractivity contribution in [3.05, 3.63) is 69.8 Å². The number of nitro benzene ring substituents is 1. The quantitative estimate of drug-likeness (QED) is 0.255. The lowest BCUT2D eigenvalue weighted by Crippen LogP contribution is -2.20. The van der Waals surface area contributed by atoms with Crippen LogP contribution in [0.15, 0.2) is 52.9 Å². The maximum atomic E-state index is 12.0. The molecule has 0 bridgehead atoms. The number of nitrogens with zero attached hydrogens (tertiary/aromatic N) is 3. The zero-order chi connectivity index (χ0) is 19.9. The second kappa shape index (κ2) is 9.29. The van der Waals surface area contributed by atoms with E-state index in [-0.39, 0.29) is 18.0 Å². The largest absolute Gasteiger partial charge is 0.477 e. The summed E-state index contributed by atoms with van der Waals surface area (Å²) in [5.41, 5.74) is 2.23. The molecule has 0 saturated heterocycles. The summed E-state index contributed by atoms with van der Waals surface area (Å²) in [6, 6.07) is 14.0. The second-order valence-electron chi connectivity index (χ2n) is 5.65. The molecule has 1 heterocycles. The lowest BCUT2D eigenvalue weighted by atomic mass is 10.1. The third-order valence-electron chi connectivity index (χ3n) is 3.69. The Bertz CT molecular complexity index is 993. The number of hydrogen-bond acceptors (Lipinski definition) is 8. The highest BCUT2D eigenvalue weighted by atomic mass is 32.2. The number of nitro groups is 1. The fourth-order valence-electron chi connectivity index (χ4n) is 2.26. The first-order valence-electron chi connectivity index (χ1n) is 8.20. The van der Waals surface area contributed by atoms with Gasteiger partial charge in [-0.05, 0) is 24.1 Å². The summed E-state index contributed by atoms with van der Waals surface area (Å²) in [5.74, 6) is 0.329. The van der Waals surface area contributed by atoms with Crippen LogP contribution in [0.3, 0.4) is 0 Å². The number of hydrogen-bond donors (Lipinski definition) is 1. The van der Waals surface area contributed by atoms with E-state index in [1.165, 1.54) is 52.4 Å². The predicted molar refractivity (Wildman–Crippen MR) is 108 cm³/mol. The molecule has 3 rings (SSSR count). The van der Waals surface area contributed by atoms with Crippen molar-refractivity contribution in [1.82, 2.24) is 10.2 Å². The van der Waals surface area contributed by atoms with Gasteiger partial charge in [-0.15, -0.1) is 10.2 Å². The first-order chi connectivity index (χ1) is 13.5. The van der Waals surface area contributed by atoms with Gasteiger partial charge >= 0.3 is 5.69 Å². The van der Waals surface area contributed by atoms with Crippen molar-refractivity contribution >= 4 is 39.8 Å². The van der Waals surface area contributed by atoms with Gasteiger partial charge in [0, 0.05) is 11.8 Å². The number of carbonyl (C=O) groups is 1. The molecule has 0 aliphatic rings. The number of thioether (sulfide) groups is 1. The number of aryl methyl sites for hydroxylation is 1. The third-order valence-corrected chi connectivity index (χ3v) is 5.71. The number of ether oxygens (including phenoxy) is 1. The van der Waals surface area contributed by atoms with E-state index in [0.717, 1.165) is 10.1 Å². The molecule has 1 aromatic heterocycles. The molecular weight excluding hydrogens is 400 g/mol. The van der Waals surface area contributed by atoms with E-state index in [9.17, 15) is 14.9 Å². The van der Waals surface area contributed by atoms with Gasteiger partial charge < -0.3 is 4.74 Å². The van der Waals surface area contributed by atoms with Crippen LogP contribution < -0.4 is 10.1 Å². The third kappa shape index (κ3) is 5.27. The Balaban J connectivity index is 1.51. The molecule has 0 aliphatic carbocycles. The Morgan fingerprint density at radius 1 is 1.21 bits per heavy atom. The Labute approximate surface area is 169 Å². The molecule has 0 saturated carbocycles. The molecule has 8 nitrogen and oxygen atoms in total. The fourth-order valence-corrected chi connectivity index (χ4v) is 4.10. The van der Waals surface area contributed by atoms with Gasteiger partial charge in [-0.2, -0.15) is 0 Å². The van der Waals surface area contributed by atoms with Crippen molar-refractivity contribution in [2.75, 3.05) is 11.9 Å². The van der Waals surface area contributed by atoms with Gasteiger partial charge in [-0.1, -0.05) is 59.5 Å². The fraction of sp³-hybridized carbons (Fsp3) is 0.167. The average Bonchev–Trinajstić information content (AvgIpc) is 3.13. The van der Waals surface area contributed by atoms with Gasteiger partial charge in [0.25, 0.3) is 5.91 Å². The van der Waals surface area contributed by atoms with Gasteiger partial charge in [0.05, 0.1) is 4.92 Å². The summed E-state index contributed by atoms with van der Waals surface area (Å²) in [5, 5.41) is 21.9. The van der Waals surface area contributed by atoms with Gasteiger partial charge in [0.1, 0.15) is 0 Å². The number of anilines is 1. The van der Waals surface area contributed by atoms with E-state index in [1.54, 1.807) is 6.07 Å². The Morgan fingerprint density at radius 2 is 1.96 bits per heavy atom. The van der Waals surface area contributed by atoms with Crippen molar-refractivity contribution in [3.8, 4) is 5.75 Å². The molecule has 0 radical (unpaired) electrons. The van der Waals surface area contributed by atoms with Crippen molar-refractivity contribution < 1.29 is 14.5 Å². The van der Waals surface area contributed by atoms with Gasteiger partial charge in [-0.3, -0.25) is 20.2 Å². The van der Waals surface area contributed by atoms with Crippen LogP contribution in [0.2, 0.25) is 0 Å². The number of rotatable bonds is 8. The normalized spacial score (nSPS) is 10.5. The summed E-state index contributed by atoms with van der Waals surface area (Å²) >= 11 is 2.80. The summed E-state index contributed by atoms with van der Waals surface area (Å²) in [4.78, 5) is 22.4. The molecule has 3 aromatic rings. The second-order valence-corrected chi connectivity index (χ2v) is 7.85. The highest BCUT2D eigenvalue weighted by molar-refractivity contribution is 8.00. The van der Waals surface area contributed by atoms with Crippen LogP contribution in [0.5, 0.6) is 5.75 Å². The van der Waals surface area contributed by atoms with Crippen LogP contribution in [0, 0.1) is 17.0 Å². The van der Waals surface area contributed by atoms with Crippen LogP contribution >= 0.6 is 23.1 Å². The van der Waals surface area contributed by atoms with E-state index in [0.29, 0.717) is 5.13 Å². The van der Waals surface area contributed by atoms with E-state index in [4.69, 9.17) is 4.74 Å². The Hall–Kier alpha value is -2.98. The van der Waals surface area contributed by atoms with Gasteiger partial charge in [-0.25, -0.2) is 0 Å².